The summed E-state index contributed by atoms with van der Waals surface area (Å²) >= 11 is 0. The summed E-state index contributed by atoms with van der Waals surface area (Å²) in [5, 5.41) is 0. The Hall–Kier alpha value is -3.55. The van der Waals surface area contributed by atoms with Crippen LogP contribution in [0.1, 0.15) is 12.5 Å². The first kappa shape index (κ1) is 20.8. The molecule has 0 aliphatic rings. The van der Waals surface area contributed by atoms with Crippen molar-refractivity contribution < 1.29 is 28.2 Å². The molecule has 2 N–H and O–H groups in total. The molecule has 28 heavy (non-hydrogen) atoms. The smallest absolute Gasteiger partial charge is 0.279 e. The molecule has 8 heteroatoms. The fourth-order valence-corrected chi connectivity index (χ4v) is 2.15. The van der Waals surface area contributed by atoms with Crippen molar-refractivity contribution >= 4 is 17.9 Å². The molecule has 7 nitrogen and oxygen atoms in total. The van der Waals surface area contributed by atoms with Crippen LogP contribution in [0, 0.1) is 5.82 Å². The number of ether oxygens (including phenoxy) is 3. The summed E-state index contributed by atoms with van der Waals surface area (Å²) in [5.74, 6) is -0.675. The lowest BCUT2D eigenvalue weighted by Crippen LogP contribution is -2.46. The Kier molecular flexibility index (Phi) is 7.38. The van der Waals surface area contributed by atoms with E-state index in [0.717, 1.165) is 0 Å². The fraction of sp³-hybridized carbons (Fsp3) is 0.200. The van der Waals surface area contributed by atoms with Crippen molar-refractivity contribution in [3.8, 4) is 17.2 Å². The van der Waals surface area contributed by atoms with Gasteiger partial charge in [0.25, 0.3) is 11.8 Å². The molecular weight excluding hydrogens is 367 g/mol. The maximum absolute atomic E-state index is 13.5. The molecule has 1 atom stereocenters. The number of rotatable bonds is 7. The van der Waals surface area contributed by atoms with Gasteiger partial charge in [-0.15, -0.1) is 0 Å². The molecule has 2 amide bonds. The highest BCUT2D eigenvalue weighted by molar-refractivity contribution is 5.93. The Morgan fingerprint density at radius 3 is 2.29 bits per heavy atom. The number of methoxy groups -OCH3 is 2. The molecule has 148 valence electrons. The number of hydrogen-bond acceptors (Lipinski definition) is 5. The summed E-state index contributed by atoms with van der Waals surface area (Å²) in [5.41, 5.74) is 5.12. The average molecular weight is 388 g/mol. The molecule has 0 aliphatic carbocycles. The zero-order valence-electron chi connectivity index (χ0n) is 15.7. The lowest BCUT2D eigenvalue weighted by Gasteiger charge is -2.15. The van der Waals surface area contributed by atoms with Gasteiger partial charge in [-0.25, -0.2) is 4.39 Å². The summed E-state index contributed by atoms with van der Waals surface area (Å²) < 4.78 is 29.1. The predicted octanol–water partition coefficient (Wildman–Crippen LogP) is 2.47. The van der Waals surface area contributed by atoms with Crippen molar-refractivity contribution in [3.63, 3.8) is 0 Å². The first-order valence-electron chi connectivity index (χ1n) is 8.35. The van der Waals surface area contributed by atoms with Gasteiger partial charge in [0.05, 0.1) is 14.2 Å². The molecule has 0 unspecified atom stereocenters. The van der Waals surface area contributed by atoms with Crippen molar-refractivity contribution in [2.24, 2.45) is 0 Å². The third-order valence-electron chi connectivity index (χ3n) is 3.62. The van der Waals surface area contributed by atoms with Crippen molar-refractivity contribution in [3.05, 3.63) is 59.9 Å². The number of hydrazine groups is 1. The highest BCUT2D eigenvalue weighted by atomic mass is 19.1. The van der Waals surface area contributed by atoms with Crippen LogP contribution in [0.5, 0.6) is 17.2 Å². The summed E-state index contributed by atoms with van der Waals surface area (Å²) in [6.07, 6.45) is 1.76. The quantitative estimate of drug-likeness (QED) is 0.562. The molecule has 2 aromatic rings. The van der Waals surface area contributed by atoms with Gasteiger partial charge in [0.15, 0.2) is 17.7 Å². The fourth-order valence-electron chi connectivity index (χ4n) is 2.15. The number of para-hydroxylation sites is 1. The number of benzene rings is 2. The number of hydrogen-bond donors (Lipinski definition) is 2. The van der Waals surface area contributed by atoms with Gasteiger partial charge in [-0.05, 0) is 42.8 Å². The number of amides is 2. The van der Waals surface area contributed by atoms with Crippen LogP contribution in [-0.2, 0) is 9.59 Å². The van der Waals surface area contributed by atoms with Crippen LogP contribution < -0.4 is 25.1 Å². The number of nitrogens with one attached hydrogen (secondary N) is 2. The molecule has 0 fully saturated rings. The van der Waals surface area contributed by atoms with Crippen LogP contribution in [0.4, 0.5) is 4.39 Å². The minimum atomic E-state index is -1.01. The van der Waals surface area contributed by atoms with E-state index in [1.54, 1.807) is 24.3 Å². The Labute approximate surface area is 162 Å². The van der Waals surface area contributed by atoms with Crippen LogP contribution in [0.15, 0.2) is 48.5 Å². The molecular formula is C20H21FN2O5. The first-order chi connectivity index (χ1) is 13.4. The third-order valence-corrected chi connectivity index (χ3v) is 3.62. The molecule has 0 aliphatic heterocycles. The molecule has 2 rings (SSSR count). The molecule has 0 bridgehead atoms. The van der Waals surface area contributed by atoms with Crippen LogP contribution in [0.2, 0.25) is 0 Å². The lowest BCUT2D eigenvalue weighted by atomic mass is 10.2. The molecule has 0 radical (unpaired) electrons. The van der Waals surface area contributed by atoms with Crippen LogP contribution in [-0.4, -0.2) is 32.1 Å². The largest absolute Gasteiger partial charge is 0.497 e. The minimum absolute atomic E-state index is 0.0525. The van der Waals surface area contributed by atoms with E-state index in [1.165, 1.54) is 51.5 Å². The van der Waals surface area contributed by atoms with Gasteiger partial charge < -0.3 is 14.2 Å². The summed E-state index contributed by atoms with van der Waals surface area (Å²) in [6, 6.07) is 10.9. The monoisotopic (exact) mass is 388 g/mol. The third kappa shape index (κ3) is 6.01. The highest BCUT2D eigenvalue weighted by Crippen LogP contribution is 2.23. The lowest BCUT2D eigenvalue weighted by molar-refractivity contribution is -0.131. The first-order valence-corrected chi connectivity index (χ1v) is 8.35. The second kappa shape index (κ2) is 9.96. The van der Waals surface area contributed by atoms with Gasteiger partial charge in [0.1, 0.15) is 11.5 Å². The second-order valence-electron chi connectivity index (χ2n) is 5.65. The second-order valence-corrected chi connectivity index (χ2v) is 5.65. The van der Waals surface area contributed by atoms with E-state index in [9.17, 15) is 14.0 Å². The topological polar surface area (TPSA) is 85.9 Å². The van der Waals surface area contributed by atoms with Crippen molar-refractivity contribution in [2.75, 3.05) is 14.2 Å². The van der Waals surface area contributed by atoms with Crippen molar-refractivity contribution in [2.45, 2.75) is 13.0 Å². The molecule has 2 aromatic carbocycles. The Morgan fingerprint density at radius 2 is 1.68 bits per heavy atom. The van der Waals surface area contributed by atoms with E-state index in [4.69, 9.17) is 14.2 Å². The summed E-state index contributed by atoms with van der Waals surface area (Å²) in [4.78, 5) is 23.9. The molecule has 0 heterocycles. The van der Waals surface area contributed by atoms with E-state index in [2.05, 4.69) is 10.9 Å². The standard InChI is InChI=1S/C20H21FN2O5/c1-13(28-18-7-5-4-6-17(18)21)20(25)23-22-19(24)9-8-14-10-15(26-2)12-16(11-14)27-3/h4-13H,1-3H3,(H,22,24)(H,23,25)/b9-8-/t13-/m0/s1. The number of carbonyl (C=O) groups is 2. The Bertz CT molecular complexity index is 847. The van der Waals surface area contributed by atoms with E-state index in [1.807, 2.05) is 0 Å². The van der Waals surface area contributed by atoms with Crippen LogP contribution >= 0.6 is 0 Å². The summed E-state index contributed by atoms with van der Waals surface area (Å²) in [7, 11) is 3.05. The molecule has 0 saturated heterocycles. The van der Waals surface area contributed by atoms with E-state index >= 15 is 0 Å². The summed E-state index contributed by atoms with van der Waals surface area (Å²) in [6.45, 7) is 1.44. The molecule has 0 aromatic heterocycles. The zero-order valence-corrected chi connectivity index (χ0v) is 15.7. The van der Waals surface area contributed by atoms with Gasteiger partial charge in [0.2, 0.25) is 0 Å². The van der Waals surface area contributed by atoms with Gasteiger partial charge in [-0.2, -0.15) is 0 Å². The molecule has 0 spiro atoms. The molecule has 0 saturated carbocycles. The number of halogens is 1. The van der Waals surface area contributed by atoms with Crippen LogP contribution in [0.3, 0.4) is 0 Å². The van der Waals surface area contributed by atoms with Gasteiger partial charge in [0, 0.05) is 12.1 Å². The predicted molar refractivity (Wildman–Crippen MR) is 101 cm³/mol. The van der Waals surface area contributed by atoms with Gasteiger partial charge >= 0.3 is 0 Å². The Balaban J connectivity index is 1.88. The zero-order chi connectivity index (χ0) is 20.5. The minimum Gasteiger partial charge on any atom is -0.497 e. The van der Waals surface area contributed by atoms with Crippen LogP contribution in [0.25, 0.3) is 6.08 Å². The van der Waals surface area contributed by atoms with E-state index in [-0.39, 0.29) is 5.75 Å². The van der Waals surface area contributed by atoms with Gasteiger partial charge in [-0.1, -0.05) is 12.1 Å². The maximum atomic E-state index is 13.5. The maximum Gasteiger partial charge on any atom is 0.279 e. The SMILES string of the molecule is COc1cc(/C=C\C(=O)NNC(=O)[C@H](C)Oc2ccccc2F)cc(OC)c1. The van der Waals surface area contributed by atoms with Crippen molar-refractivity contribution in [1.29, 1.82) is 0 Å². The highest BCUT2D eigenvalue weighted by Gasteiger charge is 2.16. The van der Waals surface area contributed by atoms with E-state index in [0.29, 0.717) is 17.1 Å². The van der Waals surface area contributed by atoms with Crippen molar-refractivity contribution in [1.82, 2.24) is 10.9 Å². The van der Waals surface area contributed by atoms with E-state index < -0.39 is 23.7 Å². The normalized spacial score (nSPS) is 11.6. The number of carbonyl (C=O) groups excluding carboxylic acids is 2. The average Bonchev–Trinajstić information content (AvgIpc) is 2.71. The van der Waals surface area contributed by atoms with Gasteiger partial charge in [-0.3, -0.25) is 20.4 Å². The Morgan fingerprint density at radius 1 is 1.04 bits per heavy atom.